The predicted molar refractivity (Wildman–Crippen MR) is 51.7 cm³/mol. The Labute approximate surface area is 76.9 Å². The summed E-state index contributed by atoms with van der Waals surface area (Å²) < 4.78 is 0. The van der Waals surface area contributed by atoms with Gasteiger partial charge in [0, 0.05) is 23.8 Å². The Hall–Kier alpha value is -0.730. The molecule has 0 aromatic heterocycles. The first-order valence-electron chi connectivity index (χ1n) is 4.07. The first kappa shape index (κ1) is 7.90. The van der Waals surface area contributed by atoms with Gasteiger partial charge in [0.15, 0.2) is 0 Å². The van der Waals surface area contributed by atoms with E-state index in [9.17, 15) is 0 Å². The van der Waals surface area contributed by atoms with Crippen molar-refractivity contribution < 1.29 is 0 Å². The Morgan fingerprint density at radius 1 is 1.25 bits per heavy atom. The van der Waals surface area contributed by atoms with Crippen LogP contribution in [0.5, 0.6) is 0 Å². The van der Waals surface area contributed by atoms with Gasteiger partial charge in [0.05, 0.1) is 6.04 Å². The van der Waals surface area contributed by atoms with E-state index in [0.29, 0.717) is 6.04 Å². The zero-order chi connectivity index (χ0) is 8.39. The van der Waals surface area contributed by atoms with Crippen LogP contribution < -0.4 is 10.6 Å². The lowest BCUT2D eigenvalue weighted by atomic mass is 10.1. The van der Waals surface area contributed by atoms with Gasteiger partial charge < -0.3 is 10.6 Å². The lowest BCUT2D eigenvalue weighted by molar-refractivity contribution is 0.472. The molecule has 2 nitrogen and oxygen atoms in total. The smallest absolute Gasteiger partial charge is 0.0510 e. The van der Waals surface area contributed by atoms with Gasteiger partial charge in [-0.15, -0.1) is 0 Å². The summed E-state index contributed by atoms with van der Waals surface area (Å²) in [5.74, 6) is 0. The lowest BCUT2D eigenvalue weighted by Gasteiger charge is -2.28. The van der Waals surface area contributed by atoms with Crippen molar-refractivity contribution in [2.75, 3.05) is 18.4 Å². The molecule has 1 fully saturated rings. The minimum absolute atomic E-state index is 0.589. The second-order valence-electron chi connectivity index (χ2n) is 3.01. The fraction of sp³-hybridized carbons (Fsp3) is 0.333. The molecule has 0 amide bonds. The molecule has 0 aliphatic carbocycles. The number of hydrogen-bond donors (Lipinski definition) is 2. The molecule has 0 unspecified atom stereocenters. The van der Waals surface area contributed by atoms with Crippen LogP contribution in [0.4, 0.5) is 5.69 Å². The highest BCUT2D eigenvalue weighted by atomic mass is 35.5. The molecule has 0 atom stereocenters. The van der Waals surface area contributed by atoms with Gasteiger partial charge in [-0.3, -0.25) is 0 Å². The van der Waals surface area contributed by atoms with Gasteiger partial charge in [0.25, 0.3) is 0 Å². The third-order valence-electron chi connectivity index (χ3n) is 2.00. The Kier molecular flexibility index (Phi) is 2.19. The summed E-state index contributed by atoms with van der Waals surface area (Å²) in [6, 6.07) is 8.39. The van der Waals surface area contributed by atoms with Gasteiger partial charge in [-0.2, -0.15) is 0 Å². The van der Waals surface area contributed by atoms with E-state index in [1.807, 2.05) is 24.3 Å². The Bertz CT molecular complexity index is 254. The monoisotopic (exact) mass is 182 g/mol. The van der Waals surface area contributed by atoms with Gasteiger partial charge >= 0.3 is 0 Å². The highest BCUT2D eigenvalue weighted by Gasteiger charge is 2.15. The molecule has 64 valence electrons. The fourth-order valence-electron chi connectivity index (χ4n) is 1.17. The number of nitrogens with one attached hydrogen (secondary N) is 2. The van der Waals surface area contributed by atoms with E-state index >= 15 is 0 Å². The molecule has 1 aromatic carbocycles. The molecule has 3 heteroatoms. The second-order valence-corrected chi connectivity index (χ2v) is 3.44. The summed E-state index contributed by atoms with van der Waals surface area (Å²) in [7, 11) is 0. The maximum atomic E-state index is 5.76. The predicted octanol–water partition coefficient (Wildman–Crippen LogP) is 1.72. The Balaban J connectivity index is 1.98. The topological polar surface area (TPSA) is 24.1 Å². The fourth-order valence-corrected chi connectivity index (χ4v) is 1.30. The van der Waals surface area contributed by atoms with E-state index in [4.69, 9.17) is 11.6 Å². The van der Waals surface area contributed by atoms with Gasteiger partial charge in [0.1, 0.15) is 0 Å². The van der Waals surface area contributed by atoms with Crippen molar-refractivity contribution in [3.8, 4) is 0 Å². The zero-order valence-corrected chi connectivity index (χ0v) is 7.43. The highest BCUT2D eigenvalue weighted by molar-refractivity contribution is 6.30. The van der Waals surface area contributed by atoms with E-state index in [1.54, 1.807) is 0 Å². The number of benzene rings is 1. The van der Waals surface area contributed by atoms with Gasteiger partial charge in [0.2, 0.25) is 0 Å². The molecule has 2 rings (SSSR count). The Morgan fingerprint density at radius 2 is 1.92 bits per heavy atom. The van der Waals surface area contributed by atoms with Crippen LogP contribution in [0.1, 0.15) is 0 Å². The molecule has 1 aliphatic heterocycles. The average molecular weight is 183 g/mol. The maximum Gasteiger partial charge on any atom is 0.0510 e. The van der Waals surface area contributed by atoms with E-state index in [-0.39, 0.29) is 0 Å². The summed E-state index contributed by atoms with van der Waals surface area (Å²) in [5.41, 5.74) is 1.14. The molecular formula is C9H11ClN2. The molecule has 1 aliphatic rings. The number of rotatable bonds is 2. The summed E-state index contributed by atoms with van der Waals surface area (Å²) in [6.07, 6.45) is 0. The summed E-state index contributed by atoms with van der Waals surface area (Å²) in [4.78, 5) is 0. The van der Waals surface area contributed by atoms with Crippen molar-refractivity contribution >= 4 is 17.3 Å². The third kappa shape index (κ3) is 1.71. The number of hydrogen-bond acceptors (Lipinski definition) is 2. The molecule has 2 N–H and O–H groups in total. The minimum Gasteiger partial charge on any atom is -0.380 e. The highest BCUT2D eigenvalue weighted by Crippen LogP contribution is 2.14. The zero-order valence-electron chi connectivity index (χ0n) is 6.68. The largest absolute Gasteiger partial charge is 0.380 e. The molecule has 0 spiro atoms. The first-order chi connectivity index (χ1) is 5.84. The van der Waals surface area contributed by atoms with Crippen molar-refractivity contribution in [1.82, 2.24) is 5.32 Å². The van der Waals surface area contributed by atoms with Crippen LogP contribution in [0.3, 0.4) is 0 Å². The second kappa shape index (κ2) is 3.33. The summed E-state index contributed by atoms with van der Waals surface area (Å²) >= 11 is 5.76. The Morgan fingerprint density at radius 3 is 2.42 bits per heavy atom. The van der Waals surface area contributed by atoms with Crippen molar-refractivity contribution in [2.45, 2.75) is 6.04 Å². The average Bonchev–Trinajstić information content (AvgIpc) is 2.00. The van der Waals surface area contributed by atoms with Gasteiger partial charge in [-0.25, -0.2) is 0 Å². The van der Waals surface area contributed by atoms with E-state index in [1.165, 1.54) is 0 Å². The molecular weight excluding hydrogens is 172 g/mol. The first-order valence-corrected chi connectivity index (χ1v) is 4.45. The molecule has 0 bridgehead atoms. The lowest BCUT2D eigenvalue weighted by Crippen LogP contribution is -2.51. The van der Waals surface area contributed by atoms with Crippen LogP contribution in [-0.2, 0) is 0 Å². The molecule has 0 radical (unpaired) electrons. The van der Waals surface area contributed by atoms with Crippen molar-refractivity contribution in [3.05, 3.63) is 29.3 Å². The van der Waals surface area contributed by atoms with Crippen molar-refractivity contribution in [2.24, 2.45) is 0 Å². The van der Waals surface area contributed by atoms with Crippen LogP contribution in [0.2, 0.25) is 5.02 Å². The molecule has 0 saturated carbocycles. The van der Waals surface area contributed by atoms with Crippen LogP contribution in [-0.4, -0.2) is 19.1 Å². The molecule has 1 aromatic rings. The van der Waals surface area contributed by atoms with E-state index in [0.717, 1.165) is 23.8 Å². The summed E-state index contributed by atoms with van der Waals surface area (Å²) in [5, 5.41) is 7.37. The number of anilines is 1. The van der Waals surface area contributed by atoms with Crippen LogP contribution >= 0.6 is 11.6 Å². The van der Waals surface area contributed by atoms with E-state index in [2.05, 4.69) is 10.6 Å². The maximum absolute atomic E-state index is 5.76. The normalized spacial score (nSPS) is 17.1. The molecule has 1 saturated heterocycles. The van der Waals surface area contributed by atoms with Gasteiger partial charge in [-0.1, -0.05) is 11.6 Å². The van der Waals surface area contributed by atoms with Crippen LogP contribution in [0.25, 0.3) is 0 Å². The minimum atomic E-state index is 0.589. The number of halogens is 1. The SMILES string of the molecule is Clc1ccc(NC2CNC2)cc1. The third-order valence-corrected chi connectivity index (χ3v) is 2.25. The van der Waals surface area contributed by atoms with Crippen LogP contribution in [0, 0.1) is 0 Å². The van der Waals surface area contributed by atoms with Crippen molar-refractivity contribution in [1.29, 1.82) is 0 Å². The van der Waals surface area contributed by atoms with Crippen molar-refractivity contribution in [3.63, 3.8) is 0 Å². The quantitative estimate of drug-likeness (QED) is 0.728. The summed E-state index contributed by atoms with van der Waals surface area (Å²) in [6.45, 7) is 2.12. The molecule has 1 heterocycles. The molecule has 12 heavy (non-hydrogen) atoms. The van der Waals surface area contributed by atoms with Gasteiger partial charge in [-0.05, 0) is 24.3 Å². The van der Waals surface area contributed by atoms with E-state index < -0.39 is 0 Å². The standard InChI is InChI=1S/C9H11ClN2/c10-7-1-3-8(4-2-7)12-9-5-11-6-9/h1-4,9,11-12H,5-6H2. The van der Waals surface area contributed by atoms with Crippen LogP contribution in [0.15, 0.2) is 24.3 Å².